The molecule has 0 atom stereocenters. The predicted octanol–water partition coefficient (Wildman–Crippen LogP) is 9.33. The maximum atomic E-state index is 10.0. The molecule has 0 saturated heterocycles. The summed E-state index contributed by atoms with van der Waals surface area (Å²) in [5.41, 5.74) is 7.94. The van der Waals surface area contributed by atoms with Crippen molar-refractivity contribution in [1.29, 1.82) is 0 Å². The molecule has 1 N–H and O–H groups in total. The van der Waals surface area contributed by atoms with Crippen LogP contribution in [0.15, 0.2) is 138 Å². The van der Waals surface area contributed by atoms with Gasteiger partial charge in [-0.25, -0.2) is 0 Å². The number of carbonyl (C=O) groups excluding carboxylic acids is 1. The number of pyridine rings is 1. The van der Waals surface area contributed by atoms with Crippen LogP contribution in [0.25, 0.3) is 55.9 Å². The Morgan fingerprint density at radius 1 is 0.756 bits per heavy atom. The number of fused-ring (bicyclic) bond motifs is 1. The van der Waals surface area contributed by atoms with Crippen molar-refractivity contribution < 1.29 is 34.4 Å². The summed E-state index contributed by atoms with van der Waals surface area (Å²) in [6.45, 7) is 2.85. The molecule has 0 fully saturated rings. The van der Waals surface area contributed by atoms with Gasteiger partial charge in [0.1, 0.15) is 5.76 Å². The van der Waals surface area contributed by atoms with E-state index in [4.69, 9.17) is 14.5 Å². The Bertz CT molecular complexity index is 1770. The monoisotopic (exact) mass is 715 g/mol. The van der Waals surface area contributed by atoms with E-state index in [1.165, 1.54) is 25.5 Å². The summed E-state index contributed by atoms with van der Waals surface area (Å²) in [6, 6.07) is 44.6. The third-order valence-electron chi connectivity index (χ3n) is 6.25. The van der Waals surface area contributed by atoms with Crippen LogP contribution >= 0.6 is 0 Å². The van der Waals surface area contributed by atoms with Crippen LogP contribution in [0.2, 0.25) is 0 Å². The van der Waals surface area contributed by atoms with Crippen LogP contribution in [0, 0.1) is 6.07 Å². The molecule has 0 saturated carbocycles. The van der Waals surface area contributed by atoms with Gasteiger partial charge in [-0.05, 0) is 30.7 Å². The molecule has 2 aromatic heterocycles. The largest absolute Gasteiger partial charge is 0.512 e. The molecule has 0 aliphatic heterocycles. The summed E-state index contributed by atoms with van der Waals surface area (Å²) >= 11 is 0. The van der Waals surface area contributed by atoms with Crippen molar-refractivity contribution in [1.82, 2.24) is 4.98 Å². The molecular formula is C36H28IrNO3-. The van der Waals surface area contributed by atoms with Crippen LogP contribution in [0.1, 0.15) is 13.8 Å². The zero-order valence-corrected chi connectivity index (χ0v) is 25.1. The van der Waals surface area contributed by atoms with Crippen molar-refractivity contribution >= 4 is 16.9 Å². The van der Waals surface area contributed by atoms with E-state index in [-0.39, 0.29) is 31.6 Å². The van der Waals surface area contributed by atoms with Crippen LogP contribution in [0.5, 0.6) is 0 Å². The SMILES string of the molecule is CC(=O)/C=C(/C)O.[Ir].[c-]1ccc(-c2ccccc2)cc1-c1ccc2c(-c3ccccc3)c(-c3ccccc3)oc2n1. The van der Waals surface area contributed by atoms with E-state index < -0.39 is 0 Å². The van der Waals surface area contributed by atoms with E-state index in [0.717, 1.165) is 44.7 Å². The van der Waals surface area contributed by atoms with Crippen LogP contribution in [-0.4, -0.2) is 15.9 Å². The van der Waals surface area contributed by atoms with Gasteiger partial charge in [-0.1, -0.05) is 103 Å². The van der Waals surface area contributed by atoms with E-state index >= 15 is 0 Å². The van der Waals surface area contributed by atoms with Gasteiger partial charge in [0.25, 0.3) is 0 Å². The van der Waals surface area contributed by atoms with E-state index in [9.17, 15) is 4.79 Å². The molecule has 5 heteroatoms. The number of ketones is 1. The van der Waals surface area contributed by atoms with Crippen LogP contribution in [0.4, 0.5) is 0 Å². The first kappa shape index (κ1) is 29.4. The van der Waals surface area contributed by atoms with Crippen molar-refractivity contribution in [2.45, 2.75) is 13.8 Å². The summed E-state index contributed by atoms with van der Waals surface area (Å²) in [7, 11) is 0. The molecule has 205 valence electrons. The van der Waals surface area contributed by atoms with Crippen molar-refractivity contribution in [3.05, 3.63) is 139 Å². The minimum atomic E-state index is -0.125. The van der Waals surface area contributed by atoms with E-state index in [0.29, 0.717) is 5.71 Å². The Morgan fingerprint density at radius 2 is 1.34 bits per heavy atom. The Labute approximate surface area is 253 Å². The minimum absolute atomic E-state index is 0. The van der Waals surface area contributed by atoms with E-state index in [1.54, 1.807) is 0 Å². The average Bonchev–Trinajstić information content (AvgIpc) is 3.37. The van der Waals surface area contributed by atoms with Gasteiger partial charge in [0.2, 0.25) is 5.71 Å². The van der Waals surface area contributed by atoms with Crippen molar-refractivity contribution in [2.24, 2.45) is 0 Å². The molecular weight excluding hydrogens is 687 g/mol. The van der Waals surface area contributed by atoms with E-state index in [1.807, 2.05) is 36.4 Å². The van der Waals surface area contributed by atoms with Crippen LogP contribution in [0.3, 0.4) is 0 Å². The first-order valence-corrected chi connectivity index (χ1v) is 13.0. The first-order valence-electron chi connectivity index (χ1n) is 13.0. The third-order valence-corrected chi connectivity index (χ3v) is 6.25. The number of hydrogen-bond donors (Lipinski definition) is 1. The number of aromatic nitrogens is 1. The number of benzene rings is 4. The third kappa shape index (κ3) is 7.15. The molecule has 2 heterocycles. The number of carbonyl (C=O) groups is 1. The normalized spacial score (nSPS) is 10.8. The first-order chi connectivity index (χ1) is 19.5. The summed E-state index contributed by atoms with van der Waals surface area (Å²) < 4.78 is 6.39. The second-order valence-corrected chi connectivity index (χ2v) is 9.34. The maximum absolute atomic E-state index is 10.0. The Balaban J connectivity index is 0.000000434. The fourth-order valence-electron chi connectivity index (χ4n) is 4.53. The van der Waals surface area contributed by atoms with Gasteiger partial charge in [0.05, 0.1) is 5.76 Å². The Kier molecular flexibility index (Phi) is 9.81. The van der Waals surface area contributed by atoms with Gasteiger partial charge in [0, 0.05) is 42.7 Å². The zero-order valence-electron chi connectivity index (χ0n) is 22.7. The van der Waals surface area contributed by atoms with Crippen LogP contribution in [-0.2, 0) is 24.9 Å². The minimum Gasteiger partial charge on any atom is -0.512 e. The number of aliphatic hydroxyl groups is 1. The summed E-state index contributed by atoms with van der Waals surface area (Å²) in [4.78, 5) is 14.9. The molecule has 0 aliphatic carbocycles. The number of rotatable bonds is 5. The van der Waals surface area contributed by atoms with Gasteiger partial charge in [-0.2, -0.15) is 0 Å². The molecule has 0 spiro atoms. The molecule has 41 heavy (non-hydrogen) atoms. The number of aliphatic hydroxyl groups excluding tert-OH is 1. The second kappa shape index (κ2) is 13.7. The number of furan rings is 1. The summed E-state index contributed by atoms with van der Waals surface area (Å²) in [5, 5.41) is 9.37. The van der Waals surface area contributed by atoms with Crippen molar-refractivity contribution in [3.8, 4) is 44.8 Å². The summed E-state index contributed by atoms with van der Waals surface area (Å²) in [6.07, 6.45) is 1.17. The molecule has 6 rings (SSSR count). The van der Waals surface area contributed by atoms with Gasteiger partial charge in [0.15, 0.2) is 5.78 Å². The van der Waals surface area contributed by atoms with Gasteiger partial charge in [-0.15, -0.1) is 35.4 Å². The van der Waals surface area contributed by atoms with E-state index in [2.05, 4.69) is 91.0 Å². The molecule has 4 nitrogen and oxygen atoms in total. The topological polar surface area (TPSA) is 63.3 Å². The molecule has 1 radical (unpaired) electrons. The summed E-state index contributed by atoms with van der Waals surface area (Å²) in [5.74, 6) is 0.774. The smallest absolute Gasteiger partial charge is 0.218 e. The molecule has 0 unspecified atom stereocenters. The van der Waals surface area contributed by atoms with Gasteiger partial charge < -0.3 is 9.52 Å². The Hall–Kier alpha value is -4.57. The number of allylic oxidation sites excluding steroid dienone is 2. The average molecular weight is 715 g/mol. The standard InChI is InChI=1S/C31H20NO.C5H8O2.Ir/c1-4-11-22(12-5-1)25-17-10-18-26(21-25)28-20-19-27-29(23-13-6-2-7-14-23)30(33-31(27)32-28)24-15-8-3-9-16-24;1-4(6)3-5(2)7;/h1-17,19-21H;3,6H,1-2H3;/q-1;;/b;4-3-;. The molecule has 0 amide bonds. The van der Waals surface area contributed by atoms with Gasteiger partial charge >= 0.3 is 0 Å². The fourth-order valence-corrected chi connectivity index (χ4v) is 4.53. The Morgan fingerprint density at radius 3 is 1.90 bits per heavy atom. The van der Waals surface area contributed by atoms with Crippen molar-refractivity contribution in [3.63, 3.8) is 0 Å². The number of nitrogens with zero attached hydrogens (tertiary/aromatic N) is 1. The molecule has 0 bridgehead atoms. The van der Waals surface area contributed by atoms with Gasteiger partial charge in [-0.3, -0.25) is 9.78 Å². The molecule has 0 aliphatic rings. The molecule has 6 aromatic rings. The molecule has 4 aromatic carbocycles. The van der Waals surface area contributed by atoms with Crippen LogP contribution < -0.4 is 0 Å². The second-order valence-electron chi connectivity index (χ2n) is 9.34. The number of hydrogen-bond acceptors (Lipinski definition) is 4. The maximum Gasteiger partial charge on any atom is 0.218 e. The fraction of sp³-hybridized carbons (Fsp3) is 0.0556. The zero-order chi connectivity index (χ0) is 27.9. The predicted molar refractivity (Wildman–Crippen MR) is 162 cm³/mol. The van der Waals surface area contributed by atoms with Crippen molar-refractivity contribution in [2.75, 3.05) is 0 Å². The quantitative estimate of drug-likeness (QED) is 0.110.